The fraction of sp³-hybridized carbons (Fsp3) is 0.0500. The molecule has 0 atom stereocenters. The zero-order chi connectivity index (χ0) is 20.0. The smallest absolute Gasteiger partial charge is 0.262 e. The Morgan fingerprint density at radius 1 is 1.07 bits per heavy atom. The number of hydrogen-bond acceptors (Lipinski definition) is 5. The minimum Gasteiger partial charge on any atom is -0.497 e. The molecular formula is C20H16N4O3S2. The second-order valence-corrected chi connectivity index (χ2v) is 9.20. The molecule has 0 unspecified atom stereocenters. The molecule has 0 saturated carbocycles. The topological polar surface area (TPSA) is 99.9 Å². The van der Waals surface area contributed by atoms with Crippen LogP contribution in [0.15, 0.2) is 65.6 Å². The molecular weight excluding hydrogens is 408 g/mol. The summed E-state index contributed by atoms with van der Waals surface area (Å²) in [6, 6.07) is 17.9. The van der Waals surface area contributed by atoms with Crippen LogP contribution in [-0.4, -0.2) is 30.7 Å². The molecule has 0 radical (unpaired) electrons. The van der Waals surface area contributed by atoms with Crippen molar-refractivity contribution < 1.29 is 13.2 Å². The van der Waals surface area contributed by atoms with E-state index >= 15 is 0 Å². The summed E-state index contributed by atoms with van der Waals surface area (Å²) in [6.45, 7) is 0. The second-order valence-electron chi connectivity index (χ2n) is 6.48. The lowest BCUT2D eigenvalue weighted by atomic mass is 10.2. The van der Waals surface area contributed by atoms with E-state index in [1.54, 1.807) is 43.5 Å². The molecule has 0 amide bonds. The van der Waals surface area contributed by atoms with E-state index in [4.69, 9.17) is 4.74 Å². The molecule has 2 aromatic carbocycles. The highest BCUT2D eigenvalue weighted by molar-refractivity contribution is 7.93. The first-order valence-corrected chi connectivity index (χ1v) is 11.1. The van der Waals surface area contributed by atoms with E-state index in [-0.39, 0.29) is 4.90 Å². The summed E-state index contributed by atoms with van der Waals surface area (Å²) in [6.07, 6.45) is 0. The Labute approximate surface area is 170 Å². The first-order valence-electron chi connectivity index (χ1n) is 8.76. The molecule has 29 heavy (non-hydrogen) atoms. The van der Waals surface area contributed by atoms with Crippen molar-refractivity contribution in [2.24, 2.45) is 0 Å². The molecule has 5 rings (SSSR count). The van der Waals surface area contributed by atoms with Crippen LogP contribution in [0.5, 0.6) is 5.75 Å². The fourth-order valence-corrected chi connectivity index (χ4v) is 5.43. The van der Waals surface area contributed by atoms with Gasteiger partial charge in [-0.2, -0.15) is 5.10 Å². The molecule has 0 spiro atoms. The number of fused-ring (bicyclic) bond motifs is 2. The highest BCUT2D eigenvalue weighted by atomic mass is 32.2. The van der Waals surface area contributed by atoms with Gasteiger partial charge in [0.05, 0.1) is 23.4 Å². The standard InChI is InChI=1S/C20H16N4O3S2/c1-27-13-7-8-16-12(9-13)10-17(21-16)19-15-11-18(28-20(15)23-22-19)24-29(25,26)14-5-3-2-4-6-14/h2-11,21,24H,1H3,(H,22,23). The Hall–Kier alpha value is -3.30. The lowest BCUT2D eigenvalue weighted by Gasteiger charge is -2.05. The number of anilines is 1. The van der Waals surface area contributed by atoms with Crippen LogP contribution in [0.25, 0.3) is 32.5 Å². The molecule has 146 valence electrons. The number of aromatic nitrogens is 3. The van der Waals surface area contributed by atoms with E-state index in [1.165, 1.54) is 11.3 Å². The maximum Gasteiger partial charge on any atom is 0.262 e. The van der Waals surface area contributed by atoms with Gasteiger partial charge in [0.25, 0.3) is 10.0 Å². The summed E-state index contributed by atoms with van der Waals surface area (Å²) < 4.78 is 33.1. The number of methoxy groups -OCH3 is 1. The maximum absolute atomic E-state index is 12.6. The Balaban J connectivity index is 1.52. The molecule has 0 aliphatic heterocycles. The van der Waals surface area contributed by atoms with E-state index in [0.717, 1.165) is 38.3 Å². The van der Waals surface area contributed by atoms with Crippen LogP contribution in [0, 0.1) is 0 Å². The number of nitrogens with zero attached hydrogens (tertiary/aromatic N) is 1. The number of benzene rings is 2. The number of H-pyrrole nitrogens is 2. The number of sulfonamides is 1. The summed E-state index contributed by atoms with van der Waals surface area (Å²) in [5.74, 6) is 0.783. The quantitative estimate of drug-likeness (QED) is 0.384. The molecule has 5 aromatic rings. The van der Waals surface area contributed by atoms with Gasteiger partial charge in [0.15, 0.2) is 0 Å². The van der Waals surface area contributed by atoms with Crippen molar-refractivity contribution >= 4 is 47.5 Å². The molecule has 0 bridgehead atoms. The number of thiophene rings is 1. The Morgan fingerprint density at radius 2 is 1.90 bits per heavy atom. The number of aromatic amines is 2. The van der Waals surface area contributed by atoms with E-state index in [1.807, 2.05) is 24.3 Å². The molecule has 3 heterocycles. The van der Waals surface area contributed by atoms with Crippen molar-refractivity contribution in [3.05, 3.63) is 60.7 Å². The van der Waals surface area contributed by atoms with Crippen molar-refractivity contribution in [1.29, 1.82) is 0 Å². The highest BCUT2D eigenvalue weighted by Gasteiger charge is 2.18. The summed E-state index contributed by atoms with van der Waals surface area (Å²) in [5, 5.41) is 9.75. The Kier molecular flexibility index (Phi) is 4.07. The maximum atomic E-state index is 12.6. The first kappa shape index (κ1) is 17.8. The second kappa shape index (κ2) is 6.64. The van der Waals surface area contributed by atoms with Crippen molar-refractivity contribution in [2.75, 3.05) is 11.8 Å². The Bertz CT molecular complexity index is 1430. The third kappa shape index (κ3) is 3.14. The minimum absolute atomic E-state index is 0.220. The molecule has 3 aromatic heterocycles. The van der Waals surface area contributed by atoms with Gasteiger partial charge < -0.3 is 9.72 Å². The SMILES string of the molecule is COc1ccc2[nH]c(-c3[nH]nc4sc(NS(=O)(=O)c5ccccc5)cc34)cc2c1. The van der Waals surface area contributed by atoms with Gasteiger partial charge in [-0.05, 0) is 42.5 Å². The summed E-state index contributed by atoms with van der Waals surface area (Å²) in [7, 11) is -2.01. The molecule has 0 aliphatic carbocycles. The summed E-state index contributed by atoms with van der Waals surface area (Å²) >= 11 is 1.28. The van der Waals surface area contributed by atoms with Gasteiger partial charge in [-0.25, -0.2) is 8.42 Å². The molecule has 7 nitrogen and oxygen atoms in total. The van der Waals surface area contributed by atoms with Gasteiger partial charge in [-0.1, -0.05) is 29.5 Å². The van der Waals surface area contributed by atoms with Crippen LogP contribution in [0.4, 0.5) is 5.00 Å². The van der Waals surface area contributed by atoms with E-state index in [9.17, 15) is 8.42 Å². The predicted octanol–water partition coefficient (Wildman–Crippen LogP) is 4.58. The average molecular weight is 425 g/mol. The van der Waals surface area contributed by atoms with E-state index in [0.29, 0.717) is 5.00 Å². The Morgan fingerprint density at radius 3 is 2.69 bits per heavy atom. The number of nitrogens with one attached hydrogen (secondary N) is 3. The number of hydrogen-bond donors (Lipinski definition) is 3. The van der Waals surface area contributed by atoms with Crippen molar-refractivity contribution in [1.82, 2.24) is 15.2 Å². The lowest BCUT2D eigenvalue weighted by molar-refractivity contribution is 0.415. The van der Waals surface area contributed by atoms with Gasteiger partial charge in [0.2, 0.25) is 0 Å². The van der Waals surface area contributed by atoms with Crippen molar-refractivity contribution in [3.63, 3.8) is 0 Å². The molecule has 0 aliphatic rings. The van der Waals surface area contributed by atoms with Gasteiger partial charge in [-0.3, -0.25) is 9.82 Å². The van der Waals surface area contributed by atoms with Crippen LogP contribution in [-0.2, 0) is 10.0 Å². The van der Waals surface area contributed by atoms with Crippen LogP contribution in [0.3, 0.4) is 0 Å². The molecule has 3 N–H and O–H groups in total. The van der Waals surface area contributed by atoms with Crippen molar-refractivity contribution in [2.45, 2.75) is 4.90 Å². The van der Waals surface area contributed by atoms with Gasteiger partial charge in [-0.15, -0.1) is 0 Å². The van der Waals surface area contributed by atoms with E-state index in [2.05, 4.69) is 19.9 Å². The fourth-order valence-electron chi connectivity index (χ4n) is 3.23. The first-order chi connectivity index (χ1) is 14.0. The summed E-state index contributed by atoms with van der Waals surface area (Å²) in [5.41, 5.74) is 2.64. The largest absolute Gasteiger partial charge is 0.497 e. The van der Waals surface area contributed by atoms with Gasteiger partial charge >= 0.3 is 0 Å². The summed E-state index contributed by atoms with van der Waals surface area (Å²) in [4.78, 5) is 4.31. The molecule has 9 heteroatoms. The van der Waals surface area contributed by atoms with Crippen LogP contribution >= 0.6 is 11.3 Å². The third-order valence-electron chi connectivity index (χ3n) is 4.64. The van der Waals surface area contributed by atoms with Crippen molar-refractivity contribution in [3.8, 4) is 17.1 Å². The lowest BCUT2D eigenvalue weighted by Crippen LogP contribution is -2.11. The zero-order valence-corrected chi connectivity index (χ0v) is 16.9. The normalized spacial score (nSPS) is 11.9. The van der Waals surface area contributed by atoms with Gasteiger partial charge in [0.1, 0.15) is 15.6 Å². The third-order valence-corrected chi connectivity index (χ3v) is 7.09. The van der Waals surface area contributed by atoms with Gasteiger partial charge in [0, 0.05) is 16.3 Å². The van der Waals surface area contributed by atoms with Crippen LogP contribution in [0.2, 0.25) is 0 Å². The zero-order valence-electron chi connectivity index (χ0n) is 15.3. The minimum atomic E-state index is -3.64. The number of rotatable bonds is 5. The number of ether oxygens (including phenoxy) is 1. The van der Waals surface area contributed by atoms with Crippen LogP contribution < -0.4 is 9.46 Å². The monoisotopic (exact) mass is 424 g/mol. The van der Waals surface area contributed by atoms with E-state index < -0.39 is 10.0 Å². The molecule has 0 fully saturated rings. The predicted molar refractivity (Wildman–Crippen MR) is 115 cm³/mol. The molecule has 0 saturated heterocycles. The average Bonchev–Trinajstić information content (AvgIpc) is 3.41. The van der Waals surface area contributed by atoms with Crippen LogP contribution in [0.1, 0.15) is 0 Å². The highest BCUT2D eigenvalue weighted by Crippen LogP contribution is 2.36.